The molecule has 0 saturated heterocycles. The number of hydrogen-bond donors (Lipinski definition) is 1. The van der Waals surface area contributed by atoms with Crippen molar-refractivity contribution in [1.29, 1.82) is 0 Å². The third kappa shape index (κ3) is 6.10. The summed E-state index contributed by atoms with van der Waals surface area (Å²) in [5, 5.41) is 10.3. The van der Waals surface area contributed by atoms with Crippen molar-refractivity contribution in [2.75, 3.05) is 26.8 Å². The van der Waals surface area contributed by atoms with Gasteiger partial charge in [0.2, 0.25) is 0 Å². The van der Waals surface area contributed by atoms with Crippen molar-refractivity contribution in [1.82, 2.24) is 4.90 Å². The maximum Gasteiger partial charge on any atom is 0.127 e. The van der Waals surface area contributed by atoms with Crippen molar-refractivity contribution in [2.24, 2.45) is 0 Å². The van der Waals surface area contributed by atoms with Gasteiger partial charge < -0.3 is 9.84 Å². The minimum atomic E-state index is -0.499. The van der Waals surface area contributed by atoms with E-state index in [2.05, 4.69) is 0 Å². The molecule has 0 aromatic heterocycles. The molecular weight excluding hydrogens is 293 g/mol. The fraction of sp³-hybridized carbons (Fsp3) is 0.368. The van der Waals surface area contributed by atoms with Gasteiger partial charge in [-0.25, -0.2) is 4.39 Å². The molecule has 2 aromatic carbocycles. The van der Waals surface area contributed by atoms with E-state index in [1.54, 1.807) is 19.2 Å². The van der Waals surface area contributed by atoms with E-state index in [1.807, 2.05) is 41.3 Å². The molecule has 4 heteroatoms. The third-order valence-corrected chi connectivity index (χ3v) is 3.75. The fourth-order valence-corrected chi connectivity index (χ4v) is 2.57. The van der Waals surface area contributed by atoms with Crippen LogP contribution in [-0.2, 0) is 17.7 Å². The lowest BCUT2D eigenvalue weighted by atomic mass is 10.1. The number of benzene rings is 2. The molecule has 0 fully saturated rings. The van der Waals surface area contributed by atoms with Crippen LogP contribution in [0.15, 0.2) is 54.6 Å². The highest BCUT2D eigenvalue weighted by Crippen LogP contribution is 2.11. The number of halogens is 1. The number of hydrogen-bond acceptors (Lipinski definition) is 3. The van der Waals surface area contributed by atoms with Crippen molar-refractivity contribution in [3.05, 3.63) is 71.5 Å². The normalized spacial score (nSPS) is 12.5. The highest BCUT2D eigenvalue weighted by molar-refractivity contribution is 5.17. The SMILES string of the molecule is COCCN(Cc1ccccc1F)CC(O)Cc1ccccc1. The van der Waals surface area contributed by atoms with E-state index in [9.17, 15) is 9.50 Å². The Balaban J connectivity index is 1.96. The van der Waals surface area contributed by atoms with Gasteiger partial charge in [0, 0.05) is 32.3 Å². The number of aliphatic hydroxyl groups is 1. The van der Waals surface area contributed by atoms with E-state index in [4.69, 9.17) is 4.74 Å². The van der Waals surface area contributed by atoms with E-state index in [0.717, 1.165) is 5.56 Å². The molecule has 1 N–H and O–H groups in total. The predicted octanol–water partition coefficient (Wildman–Crippen LogP) is 2.88. The smallest absolute Gasteiger partial charge is 0.127 e. The molecular formula is C19H24FNO2. The molecule has 1 atom stereocenters. The average molecular weight is 317 g/mol. The predicted molar refractivity (Wildman–Crippen MR) is 89.7 cm³/mol. The average Bonchev–Trinajstić information content (AvgIpc) is 2.55. The second kappa shape index (κ2) is 9.40. The summed E-state index contributed by atoms with van der Waals surface area (Å²) >= 11 is 0. The molecule has 0 radical (unpaired) electrons. The van der Waals surface area contributed by atoms with Crippen LogP contribution in [0.4, 0.5) is 4.39 Å². The number of methoxy groups -OCH3 is 1. The standard InChI is InChI=1S/C19H24FNO2/c1-23-12-11-21(14-17-9-5-6-10-19(17)20)15-18(22)13-16-7-3-2-4-8-16/h2-10,18,22H,11-15H2,1H3. The summed E-state index contributed by atoms with van der Waals surface area (Å²) in [6.07, 6.45) is 0.0859. The second-order valence-electron chi connectivity index (χ2n) is 5.66. The van der Waals surface area contributed by atoms with Crippen LogP contribution in [0.1, 0.15) is 11.1 Å². The van der Waals surface area contributed by atoms with Crippen LogP contribution >= 0.6 is 0 Å². The molecule has 2 rings (SSSR count). The van der Waals surface area contributed by atoms with Crippen LogP contribution < -0.4 is 0 Å². The lowest BCUT2D eigenvalue weighted by molar-refractivity contribution is 0.0845. The Hall–Kier alpha value is -1.75. The first kappa shape index (κ1) is 17.6. The largest absolute Gasteiger partial charge is 0.391 e. The first-order chi connectivity index (χ1) is 11.2. The van der Waals surface area contributed by atoms with Gasteiger partial charge in [-0.1, -0.05) is 48.5 Å². The van der Waals surface area contributed by atoms with E-state index in [0.29, 0.717) is 38.2 Å². The van der Waals surface area contributed by atoms with Gasteiger partial charge in [0.15, 0.2) is 0 Å². The molecule has 0 aliphatic rings. The van der Waals surface area contributed by atoms with Gasteiger partial charge in [0.05, 0.1) is 12.7 Å². The van der Waals surface area contributed by atoms with Gasteiger partial charge in [0.1, 0.15) is 5.82 Å². The Bertz CT molecular complexity index is 577. The Morgan fingerprint density at radius 1 is 1.09 bits per heavy atom. The minimum Gasteiger partial charge on any atom is -0.391 e. The Morgan fingerprint density at radius 3 is 2.48 bits per heavy atom. The lowest BCUT2D eigenvalue weighted by Crippen LogP contribution is -2.35. The number of nitrogens with zero attached hydrogens (tertiary/aromatic N) is 1. The molecule has 23 heavy (non-hydrogen) atoms. The lowest BCUT2D eigenvalue weighted by Gasteiger charge is -2.25. The van der Waals surface area contributed by atoms with Crippen LogP contribution in [0.5, 0.6) is 0 Å². The second-order valence-corrected chi connectivity index (χ2v) is 5.66. The van der Waals surface area contributed by atoms with Crippen molar-refractivity contribution < 1.29 is 14.2 Å². The number of rotatable bonds is 9. The molecule has 0 heterocycles. The third-order valence-electron chi connectivity index (χ3n) is 3.75. The summed E-state index contributed by atoms with van der Waals surface area (Å²) in [5.74, 6) is -0.215. The van der Waals surface area contributed by atoms with Gasteiger partial charge in [0.25, 0.3) is 0 Å². The zero-order chi connectivity index (χ0) is 16.5. The van der Waals surface area contributed by atoms with Crippen molar-refractivity contribution in [2.45, 2.75) is 19.1 Å². The zero-order valence-corrected chi connectivity index (χ0v) is 13.5. The van der Waals surface area contributed by atoms with Crippen LogP contribution in [0, 0.1) is 5.82 Å². The van der Waals surface area contributed by atoms with Gasteiger partial charge in [-0.2, -0.15) is 0 Å². The molecule has 124 valence electrons. The Labute approximate surface area is 137 Å². The van der Waals surface area contributed by atoms with E-state index in [1.165, 1.54) is 6.07 Å². The summed E-state index contributed by atoms with van der Waals surface area (Å²) < 4.78 is 19.0. The van der Waals surface area contributed by atoms with Crippen LogP contribution in [-0.4, -0.2) is 42.9 Å². The van der Waals surface area contributed by atoms with Gasteiger partial charge >= 0.3 is 0 Å². The molecule has 0 aliphatic heterocycles. The molecule has 0 bridgehead atoms. The van der Waals surface area contributed by atoms with Crippen LogP contribution in [0.2, 0.25) is 0 Å². The molecule has 0 saturated carbocycles. The summed E-state index contributed by atoms with van der Waals surface area (Å²) in [4.78, 5) is 2.02. The molecule has 2 aromatic rings. The van der Waals surface area contributed by atoms with Crippen molar-refractivity contribution in [3.63, 3.8) is 0 Å². The summed E-state index contributed by atoms with van der Waals surface area (Å²) in [5.41, 5.74) is 1.73. The molecule has 0 spiro atoms. The van der Waals surface area contributed by atoms with Gasteiger partial charge in [-0.15, -0.1) is 0 Å². The minimum absolute atomic E-state index is 0.215. The zero-order valence-electron chi connectivity index (χ0n) is 13.5. The topological polar surface area (TPSA) is 32.7 Å². The molecule has 0 amide bonds. The maximum absolute atomic E-state index is 13.8. The van der Waals surface area contributed by atoms with E-state index >= 15 is 0 Å². The van der Waals surface area contributed by atoms with E-state index in [-0.39, 0.29) is 5.82 Å². The van der Waals surface area contributed by atoms with Crippen LogP contribution in [0.25, 0.3) is 0 Å². The Kier molecular flexibility index (Phi) is 7.20. The monoisotopic (exact) mass is 317 g/mol. The first-order valence-electron chi connectivity index (χ1n) is 7.85. The Morgan fingerprint density at radius 2 is 1.78 bits per heavy atom. The number of aliphatic hydroxyl groups excluding tert-OH is 1. The highest BCUT2D eigenvalue weighted by Gasteiger charge is 2.14. The van der Waals surface area contributed by atoms with Crippen molar-refractivity contribution in [3.8, 4) is 0 Å². The molecule has 1 unspecified atom stereocenters. The first-order valence-corrected chi connectivity index (χ1v) is 7.85. The molecule has 0 aliphatic carbocycles. The van der Waals surface area contributed by atoms with Crippen LogP contribution in [0.3, 0.4) is 0 Å². The quantitative estimate of drug-likeness (QED) is 0.772. The summed E-state index contributed by atoms with van der Waals surface area (Å²) in [6, 6.07) is 16.6. The van der Waals surface area contributed by atoms with Gasteiger partial charge in [-0.05, 0) is 18.1 Å². The van der Waals surface area contributed by atoms with Crippen molar-refractivity contribution >= 4 is 0 Å². The number of ether oxygens (including phenoxy) is 1. The molecule has 3 nitrogen and oxygen atoms in total. The summed E-state index contributed by atoms with van der Waals surface area (Å²) in [7, 11) is 1.64. The highest BCUT2D eigenvalue weighted by atomic mass is 19.1. The maximum atomic E-state index is 13.8. The fourth-order valence-electron chi connectivity index (χ4n) is 2.57. The summed E-state index contributed by atoms with van der Waals surface area (Å²) in [6.45, 7) is 2.14. The van der Waals surface area contributed by atoms with Gasteiger partial charge in [-0.3, -0.25) is 4.90 Å². The van der Waals surface area contributed by atoms with E-state index < -0.39 is 6.10 Å².